The maximum atomic E-state index is 13.1. The fourth-order valence-electron chi connectivity index (χ4n) is 3.41. The summed E-state index contributed by atoms with van der Waals surface area (Å²) in [6, 6.07) is 4.72. The predicted molar refractivity (Wildman–Crippen MR) is 92.0 cm³/mol. The van der Waals surface area contributed by atoms with Crippen LogP contribution in [0.3, 0.4) is 0 Å². The monoisotopic (exact) mass is 374 g/mol. The van der Waals surface area contributed by atoms with E-state index in [9.17, 15) is 8.42 Å². The Labute approximate surface area is 148 Å². The highest BCUT2D eigenvalue weighted by atomic mass is 35.5. The average Bonchev–Trinajstić information content (AvgIpc) is 3.11. The minimum absolute atomic E-state index is 0.130. The molecule has 2 saturated heterocycles. The van der Waals surface area contributed by atoms with Gasteiger partial charge in [0.2, 0.25) is 10.0 Å². The molecule has 0 saturated carbocycles. The first-order chi connectivity index (χ1) is 11.4. The Morgan fingerprint density at radius 3 is 2.62 bits per heavy atom. The minimum atomic E-state index is -3.64. The summed E-state index contributed by atoms with van der Waals surface area (Å²) in [6.07, 6.45) is -0.257. The number of halogens is 1. The Bertz CT molecular complexity index is 685. The Morgan fingerprint density at radius 1 is 1.33 bits per heavy atom. The van der Waals surface area contributed by atoms with Gasteiger partial charge in [-0.15, -0.1) is 0 Å². The van der Waals surface area contributed by atoms with Gasteiger partial charge in [0.25, 0.3) is 0 Å². The summed E-state index contributed by atoms with van der Waals surface area (Å²) in [4.78, 5) is 0.130. The van der Waals surface area contributed by atoms with Crippen molar-refractivity contribution >= 4 is 21.6 Å². The van der Waals surface area contributed by atoms with Gasteiger partial charge in [-0.05, 0) is 50.0 Å². The molecule has 0 spiro atoms. The van der Waals surface area contributed by atoms with Gasteiger partial charge in [0.05, 0.1) is 6.61 Å². The fourth-order valence-corrected chi connectivity index (χ4v) is 5.35. The van der Waals surface area contributed by atoms with Crippen molar-refractivity contribution in [3.05, 3.63) is 23.2 Å². The van der Waals surface area contributed by atoms with Gasteiger partial charge in [0.1, 0.15) is 16.7 Å². The number of methoxy groups -OCH3 is 1. The zero-order chi connectivity index (χ0) is 17.3. The number of hydrogen-bond acceptors (Lipinski definition) is 5. The molecule has 1 unspecified atom stereocenters. The number of fused-ring (bicyclic) bond motifs is 1. The van der Waals surface area contributed by atoms with Crippen LogP contribution in [-0.2, 0) is 14.8 Å². The van der Waals surface area contributed by atoms with Gasteiger partial charge in [0.15, 0.2) is 0 Å². The van der Waals surface area contributed by atoms with E-state index in [0.29, 0.717) is 42.3 Å². The van der Waals surface area contributed by atoms with E-state index in [1.165, 1.54) is 6.07 Å². The number of ether oxygens (including phenoxy) is 2. The molecule has 0 aliphatic carbocycles. The molecule has 0 amide bonds. The predicted octanol–water partition coefficient (Wildman–Crippen LogP) is 1.59. The van der Waals surface area contributed by atoms with Crippen LogP contribution in [0.5, 0.6) is 5.75 Å². The summed E-state index contributed by atoms with van der Waals surface area (Å²) in [7, 11) is -2.06. The van der Waals surface area contributed by atoms with Crippen LogP contribution < -0.4 is 10.1 Å². The zero-order valence-corrected chi connectivity index (χ0v) is 15.4. The molecule has 3 rings (SSSR count). The Morgan fingerprint density at radius 2 is 2.00 bits per heavy atom. The molecule has 1 aromatic rings. The molecule has 2 aliphatic rings. The fraction of sp³-hybridized carbons (Fsp3) is 0.625. The van der Waals surface area contributed by atoms with Crippen LogP contribution in [0.4, 0.5) is 0 Å². The standard InChI is InChI=1S/C16H23ClN2O4S/c1-11(10-22-2)23-15-4-3-14(17)5-16(15)24(20,21)19-8-12-6-18-7-13(12)9-19/h3-5,11-13,18H,6-10H2,1-2H3/t11?,12-,13+. The molecular formula is C16H23ClN2O4S. The molecule has 2 aliphatic heterocycles. The molecule has 24 heavy (non-hydrogen) atoms. The normalized spacial score (nSPS) is 25.6. The van der Waals surface area contributed by atoms with Gasteiger partial charge in [-0.1, -0.05) is 11.6 Å². The first-order valence-corrected chi connectivity index (χ1v) is 9.89. The van der Waals surface area contributed by atoms with Gasteiger partial charge < -0.3 is 14.8 Å². The van der Waals surface area contributed by atoms with Crippen LogP contribution in [0.15, 0.2) is 23.1 Å². The molecule has 2 fully saturated rings. The van der Waals surface area contributed by atoms with Crippen molar-refractivity contribution in [3.63, 3.8) is 0 Å². The van der Waals surface area contributed by atoms with Crippen LogP contribution in [0.1, 0.15) is 6.92 Å². The molecule has 1 aromatic carbocycles. The van der Waals surface area contributed by atoms with Crippen molar-refractivity contribution in [2.75, 3.05) is 39.9 Å². The lowest BCUT2D eigenvalue weighted by Gasteiger charge is -2.21. The van der Waals surface area contributed by atoms with E-state index in [1.54, 1.807) is 23.5 Å². The van der Waals surface area contributed by atoms with Crippen LogP contribution in [0.25, 0.3) is 0 Å². The van der Waals surface area contributed by atoms with Crippen molar-refractivity contribution in [1.29, 1.82) is 0 Å². The van der Waals surface area contributed by atoms with Crippen LogP contribution in [0, 0.1) is 11.8 Å². The highest BCUT2D eigenvalue weighted by Gasteiger charge is 2.42. The van der Waals surface area contributed by atoms with Gasteiger partial charge in [-0.25, -0.2) is 8.42 Å². The lowest BCUT2D eigenvalue weighted by atomic mass is 10.0. The third-order valence-corrected chi connectivity index (χ3v) is 6.70. The van der Waals surface area contributed by atoms with E-state index >= 15 is 0 Å². The highest BCUT2D eigenvalue weighted by Crippen LogP contribution is 2.35. The molecule has 0 bridgehead atoms. The molecule has 134 valence electrons. The summed E-state index contributed by atoms with van der Waals surface area (Å²) in [5, 5.41) is 3.69. The van der Waals surface area contributed by atoms with Gasteiger partial charge in [-0.2, -0.15) is 4.31 Å². The van der Waals surface area contributed by atoms with Gasteiger partial charge >= 0.3 is 0 Å². The molecule has 2 heterocycles. The lowest BCUT2D eigenvalue weighted by Crippen LogP contribution is -2.32. The second kappa shape index (κ2) is 7.17. The Hall–Kier alpha value is -0.860. The van der Waals surface area contributed by atoms with Gasteiger partial charge in [-0.3, -0.25) is 0 Å². The summed E-state index contributed by atoms with van der Waals surface area (Å²) in [6.45, 7) is 5.04. The topological polar surface area (TPSA) is 67.9 Å². The molecule has 0 aromatic heterocycles. The first kappa shape index (κ1) is 17.9. The summed E-state index contributed by atoms with van der Waals surface area (Å²) in [5.41, 5.74) is 0. The summed E-state index contributed by atoms with van der Waals surface area (Å²) in [5.74, 6) is 1.09. The second-order valence-electron chi connectivity index (χ2n) is 6.48. The number of nitrogens with one attached hydrogen (secondary N) is 1. The van der Waals surface area contributed by atoms with Crippen LogP contribution in [-0.4, -0.2) is 58.7 Å². The third-order valence-electron chi connectivity index (χ3n) is 4.61. The zero-order valence-electron chi connectivity index (χ0n) is 13.9. The molecule has 3 atom stereocenters. The molecule has 8 heteroatoms. The molecular weight excluding hydrogens is 352 g/mol. The van der Waals surface area contributed by atoms with E-state index in [0.717, 1.165) is 13.1 Å². The molecule has 0 radical (unpaired) electrons. The number of sulfonamides is 1. The highest BCUT2D eigenvalue weighted by molar-refractivity contribution is 7.89. The van der Waals surface area contributed by atoms with Crippen molar-refractivity contribution < 1.29 is 17.9 Å². The Kier molecular flexibility index (Phi) is 5.36. The van der Waals surface area contributed by atoms with Crippen molar-refractivity contribution in [1.82, 2.24) is 9.62 Å². The summed E-state index contributed by atoms with van der Waals surface area (Å²) >= 11 is 6.05. The maximum Gasteiger partial charge on any atom is 0.246 e. The number of nitrogens with zero attached hydrogens (tertiary/aromatic N) is 1. The first-order valence-electron chi connectivity index (χ1n) is 8.08. The SMILES string of the molecule is COCC(C)Oc1ccc(Cl)cc1S(=O)(=O)N1C[C@H]2CNC[C@H]2C1. The smallest absolute Gasteiger partial charge is 0.246 e. The van der Waals surface area contributed by atoms with E-state index < -0.39 is 10.0 Å². The third kappa shape index (κ3) is 3.55. The number of rotatable bonds is 6. The van der Waals surface area contributed by atoms with E-state index in [-0.39, 0.29) is 11.0 Å². The quantitative estimate of drug-likeness (QED) is 0.819. The second-order valence-corrected chi connectivity index (χ2v) is 8.82. The van der Waals surface area contributed by atoms with E-state index in [2.05, 4.69) is 5.32 Å². The van der Waals surface area contributed by atoms with Crippen molar-refractivity contribution in [2.45, 2.75) is 17.9 Å². The lowest BCUT2D eigenvalue weighted by molar-refractivity contribution is 0.0900. The molecule has 6 nitrogen and oxygen atoms in total. The molecule has 1 N–H and O–H groups in total. The van der Waals surface area contributed by atoms with E-state index in [1.807, 2.05) is 6.92 Å². The van der Waals surface area contributed by atoms with Crippen molar-refractivity contribution in [3.8, 4) is 5.75 Å². The number of hydrogen-bond donors (Lipinski definition) is 1. The van der Waals surface area contributed by atoms with Crippen LogP contribution in [0.2, 0.25) is 5.02 Å². The maximum absolute atomic E-state index is 13.1. The number of benzene rings is 1. The van der Waals surface area contributed by atoms with E-state index in [4.69, 9.17) is 21.1 Å². The Balaban J connectivity index is 1.88. The minimum Gasteiger partial charge on any atom is -0.487 e. The largest absolute Gasteiger partial charge is 0.487 e. The van der Waals surface area contributed by atoms with Crippen LogP contribution >= 0.6 is 11.6 Å². The van der Waals surface area contributed by atoms with Crippen molar-refractivity contribution in [2.24, 2.45) is 11.8 Å². The van der Waals surface area contributed by atoms with Gasteiger partial charge in [0, 0.05) is 25.2 Å². The summed E-state index contributed by atoms with van der Waals surface area (Å²) < 4.78 is 38.6. The average molecular weight is 375 g/mol.